The molecule has 0 bridgehead atoms. The Kier molecular flexibility index (Phi) is 5.71. The maximum absolute atomic E-state index is 12.7. The van der Waals surface area contributed by atoms with E-state index in [9.17, 15) is 9.59 Å². The van der Waals surface area contributed by atoms with Crippen LogP contribution in [0.15, 0.2) is 18.2 Å². The van der Waals surface area contributed by atoms with Gasteiger partial charge in [-0.05, 0) is 50.4 Å². The first-order chi connectivity index (χ1) is 13.6. The monoisotopic (exact) mass is 387 g/mol. The second-order valence-corrected chi connectivity index (χ2v) is 8.08. The minimum atomic E-state index is 0.00514. The zero-order valence-corrected chi connectivity index (χ0v) is 16.5. The molecular weight excluding hydrogens is 358 g/mol. The summed E-state index contributed by atoms with van der Waals surface area (Å²) in [6.07, 6.45) is 3.20. The van der Waals surface area contributed by atoms with Crippen molar-refractivity contribution in [2.24, 2.45) is 11.8 Å². The van der Waals surface area contributed by atoms with E-state index in [1.54, 1.807) is 0 Å². The fraction of sp³-hybridized carbons (Fsp3) is 0.619. The molecule has 2 fully saturated rings. The second kappa shape index (κ2) is 8.39. The number of likely N-dealkylation sites (N-methyl/N-ethyl adjacent to an activating group) is 1. The van der Waals surface area contributed by atoms with Gasteiger partial charge in [-0.3, -0.25) is 9.59 Å². The van der Waals surface area contributed by atoms with E-state index in [0.717, 1.165) is 68.9 Å². The quantitative estimate of drug-likeness (QED) is 0.850. The van der Waals surface area contributed by atoms with Gasteiger partial charge >= 0.3 is 0 Å². The number of carbonyl (C=O) groups excluding carboxylic acids is 2. The SMILES string of the molecule is CN1CCN(C(=O)C2CCC(C(=O)NCc3ccc4c(c3)OCO4)CC2)CC1. The first kappa shape index (κ1) is 19.1. The molecule has 1 aromatic rings. The molecule has 7 nitrogen and oxygen atoms in total. The Morgan fingerprint density at radius 3 is 2.43 bits per heavy atom. The molecule has 2 aliphatic heterocycles. The molecule has 0 aromatic heterocycles. The van der Waals surface area contributed by atoms with Crippen LogP contribution < -0.4 is 14.8 Å². The largest absolute Gasteiger partial charge is 0.454 e. The maximum Gasteiger partial charge on any atom is 0.231 e. The normalized spacial score (nSPS) is 24.8. The van der Waals surface area contributed by atoms with Crippen molar-refractivity contribution in [3.8, 4) is 11.5 Å². The lowest BCUT2D eigenvalue weighted by molar-refractivity contribution is -0.139. The average molecular weight is 387 g/mol. The van der Waals surface area contributed by atoms with Gasteiger partial charge in [0, 0.05) is 44.6 Å². The molecule has 28 heavy (non-hydrogen) atoms. The van der Waals surface area contributed by atoms with Crippen LogP contribution in [0, 0.1) is 11.8 Å². The van der Waals surface area contributed by atoms with Gasteiger partial charge in [-0.2, -0.15) is 0 Å². The molecule has 4 rings (SSSR count). The van der Waals surface area contributed by atoms with Crippen LogP contribution in [0.1, 0.15) is 31.2 Å². The van der Waals surface area contributed by atoms with Crippen molar-refractivity contribution in [1.82, 2.24) is 15.1 Å². The summed E-state index contributed by atoms with van der Waals surface area (Å²) in [7, 11) is 2.09. The van der Waals surface area contributed by atoms with Crippen LogP contribution in [-0.2, 0) is 16.1 Å². The van der Waals surface area contributed by atoms with E-state index in [-0.39, 0.29) is 30.4 Å². The topological polar surface area (TPSA) is 71.1 Å². The predicted molar refractivity (Wildman–Crippen MR) is 104 cm³/mol. The number of rotatable bonds is 4. The Bertz CT molecular complexity index is 722. The minimum Gasteiger partial charge on any atom is -0.454 e. The molecule has 0 unspecified atom stereocenters. The van der Waals surface area contributed by atoms with Crippen LogP contribution >= 0.6 is 0 Å². The Morgan fingerprint density at radius 1 is 1.00 bits per heavy atom. The van der Waals surface area contributed by atoms with Gasteiger partial charge in [-0.15, -0.1) is 0 Å². The van der Waals surface area contributed by atoms with Crippen LogP contribution in [0.5, 0.6) is 11.5 Å². The fourth-order valence-electron chi connectivity index (χ4n) is 4.27. The van der Waals surface area contributed by atoms with Crippen molar-refractivity contribution >= 4 is 11.8 Å². The van der Waals surface area contributed by atoms with E-state index >= 15 is 0 Å². The second-order valence-electron chi connectivity index (χ2n) is 8.08. The van der Waals surface area contributed by atoms with Crippen molar-refractivity contribution in [3.63, 3.8) is 0 Å². The summed E-state index contributed by atoms with van der Waals surface area (Å²) in [5, 5.41) is 3.04. The van der Waals surface area contributed by atoms with Gasteiger partial charge in [0.1, 0.15) is 0 Å². The summed E-state index contributed by atoms with van der Waals surface area (Å²) >= 11 is 0. The molecule has 0 radical (unpaired) electrons. The molecule has 1 saturated carbocycles. The third kappa shape index (κ3) is 4.24. The highest BCUT2D eigenvalue weighted by atomic mass is 16.7. The van der Waals surface area contributed by atoms with Gasteiger partial charge < -0.3 is 24.6 Å². The van der Waals surface area contributed by atoms with E-state index in [1.165, 1.54) is 0 Å². The molecule has 0 spiro atoms. The zero-order valence-electron chi connectivity index (χ0n) is 16.5. The van der Waals surface area contributed by atoms with Crippen molar-refractivity contribution < 1.29 is 19.1 Å². The molecule has 0 atom stereocenters. The van der Waals surface area contributed by atoms with Crippen LogP contribution in [0.25, 0.3) is 0 Å². The lowest BCUT2D eigenvalue weighted by Crippen LogP contribution is -2.49. The number of carbonyl (C=O) groups is 2. The summed E-state index contributed by atoms with van der Waals surface area (Å²) < 4.78 is 10.7. The molecule has 2 amide bonds. The fourth-order valence-corrected chi connectivity index (χ4v) is 4.27. The summed E-state index contributed by atoms with van der Waals surface area (Å²) in [5.74, 6) is 1.94. The highest BCUT2D eigenvalue weighted by Gasteiger charge is 2.32. The van der Waals surface area contributed by atoms with E-state index in [2.05, 4.69) is 17.3 Å². The van der Waals surface area contributed by atoms with Crippen molar-refractivity contribution in [2.45, 2.75) is 32.2 Å². The molecule has 2 heterocycles. The van der Waals surface area contributed by atoms with E-state index in [1.807, 2.05) is 23.1 Å². The number of nitrogens with zero attached hydrogens (tertiary/aromatic N) is 2. The van der Waals surface area contributed by atoms with Crippen molar-refractivity contribution in [1.29, 1.82) is 0 Å². The van der Waals surface area contributed by atoms with E-state index in [4.69, 9.17) is 9.47 Å². The molecule has 1 saturated heterocycles. The van der Waals surface area contributed by atoms with Crippen molar-refractivity contribution in [2.75, 3.05) is 40.0 Å². The Morgan fingerprint density at radius 2 is 1.68 bits per heavy atom. The first-order valence-electron chi connectivity index (χ1n) is 10.2. The number of benzene rings is 1. The van der Waals surface area contributed by atoms with E-state index in [0.29, 0.717) is 6.54 Å². The predicted octanol–water partition coefficient (Wildman–Crippen LogP) is 1.61. The third-order valence-corrected chi connectivity index (χ3v) is 6.17. The summed E-state index contributed by atoms with van der Waals surface area (Å²) in [4.78, 5) is 29.5. The maximum atomic E-state index is 12.7. The van der Waals surface area contributed by atoms with Crippen LogP contribution in [0.3, 0.4) is 0 Å². The first-order valence-corrected chi connectivity index (χ1v) is 10.2. The van der Waals surface area contributed by atoms with Crippen LogP contribution in [0.2, 0.25) is 0 Å². The van der Waals surface area contributed by atoms with Gasteiger partial charge in [0.2, 0.25) is 18.6 Å². The Labute approximate surface area is 166 Å². The Balaban J connectivity index is 1.22. The van der Waals surface area contributed by atoms with E-state index < -0.39 is 0 Å². The summed E-state index contributed by atoms with van der Waals surface area (Å²) in [6, 6.07) is 5.73. The highest BCUT2D eigenvalue weighted by Crippen LogP contribution is 2.33. The molecular formula is C21H29N3O4. The Hall–Kier alpha value is -2.28. The lowest BCUT2D eigenvalue weighted by atomic mass is 9.80. The highest BCUT2D eigenvalue weighted by molar-refractivity contribution is 5.81. The van der Waals surface area contributed by atoms with Gasteiger partial charge in [-0.1, -0.05) is 6.07 Å². The van der Waals surface area contributed by atoms with Gasteiger partial charge in [0.25, 0.3) is 0 Å². The van der Waals surface area contributed by atoms with Gasteiger partial charge in [-0.25, -0.2) is 0 Å². The lowest BCUT2D eigenvalue weighted by Gasteiger charge is -2.36. The smallest absolute Gasteiger partial charge is 0.231 e. The van der Waals surface area contributed by atoms with Gasteiger partial charge in [0.15, 0.2) is 11.5 Å². The summed E-state index contributed by atoms with van der Waals surface area (Å²) in [5.41, 5.74) is 0.997. The number of amides is 2. The third-order valence-electron chi connectivity index (χ3n) is 6.17. The minimum absolute atomic E-state index is 0.00514. The molecule has 1 aromatic carbocycles. The average Bonchev–Trinajstić information content (AvgIpc) is 3.20. The zero-order chi connectivity index (χ0) is 19.5. The number of hydrogen-bond donors (Lipinski definition) is 1. The van der Waals surface area contributed by atoms with Crippen LogP contribution in [-0.4, -0.2) is 61.6 Å². The number of nitrogens with one attached hydrogen (secondary N) is 1. The number of ether oxygens (including phenoxy) is 2. The molecule has 152 valence electrons. The molecule has 1 N–H and O–H groups in total. The number of piperazine rings is 1. The summed E-state index contributed by atoms with van der Waals surface area (Å²) in [6.45, 7) is 4.28. The number of hydrogen-bond acceptors (Lipinski definition) is 5. The molecule has 3 aliphatic rings. The van der Waals surface area contributed by atoms with Crippen molar-refractivity contribution in [3.05, 3.63) is 23.8 Å². The molecule has 1 aliphatic carbocycles. The van der Waals surface area contributed by atoms with Crippen LogP contribution in [0.4, 0.5) is 0 Å². The van der Waals surface area contributed by atoms with Gasteiger partial charge in [0.05, 0.1) is 0 Å². The number of fused-ring (bicyclic) bond motifs is 1. The molecule has 7 heteroatoms. The standard InChI is InChI=1S/C21H29N3O4/c1-23-8-10-24(11-9-23)21(26)17-5-3-16(4-6-17)20(25)22-13-15-2-7-18-19(12-15)28-14-27-18/h2,7,12,16-17H,3-6,8-11,13-14H2,1H3,(H,22,25).